The molecular formula is C11H12BrClN2O5S. The number of nitrogens with one attached hydrogen (secondary N) is 2. The van der Waals surface area contributed by atoms with Gasteiger partial charge in [-0.15, -0.1) is 0 Å². The van der Waals surface area contributed by atoms with Crippen molar-refractivity contribution in [2.24, 2.45) is 0 Å². The molecular weight excluding hydrogens is 388 g/mol. The van der Waals surface area contributed by atoms with Gasteiger partial charge in [0.15, 0.2) is 5.58 Å². The van der Waals surface area contributed by atoms with E-state index in [1.165, 1.54) is 13.2 Å². The normalized spacial score (nSPS) is 13.7. The zero-order chi connectivity index (χ0) is 15.8. The number of rotatable bonds is 5. The van der Waals surface area contributed by atoms with Gasteiger partial charge >= 0.3 is 5.76 Å². The fourth-order valence-electron chi connectivity index (χ4n) is 1.86. The van der Waals surface area contributed by atoms with Crippen LogP contribution < -0.4 is 10.5 Å². The van der Waals surface area contributed by atoms with Crippen LogP contribution in [0.5, 0.6) is 0 Å². The molecule has 1 aromatic heterocycles. The van der Waals surface area contributed by atoms with Gasteiger partial charge in [-0.1, -0.05) is 11.6 Å². The van der Waals surface area contributed by atoms with Gasteiger partial charge in [-0.05, 0) is 28.9 Å². The molecule has 0 radical (unpaired) electrons. The minimum Gasteiger partial charge on any atom is -0.406 e. The first-order valence-corrected chi connectivity index (χ1v) is 8.43. The first-order valence-electron chi connectivity index (χ1n) is 5.78. The van der Waals surface area contributed by atoms with Gasteiger partial charge in [0, 0.05) is 17.6 Å². The van der Waals surface area contributed by atoms with E-state index in [0.717, 1.165) is 0 Å². The molecule has 7 nitrogen and oxygen atoms in total. The summed E-state index contributed by atoms with van der Waals surface area (Å²) in [5, 5.41) is -0.171. The molecule has 2 aromatic rings. The molecule has 116 valence electrons. The summed E-state index contributed by atoms with van der Waals surface area (Å²) in [5.41, 5.74) is 0.297. The maximum Gasteiger partial charge on any atom is 0.417 e. The molecule has 1 aromatic carbocycles. The van der Waals surface area contributed by atoms with Crippen LogP contribution in [0.2, 0.25) is 5.02 Å². The number of hydrogen-bond donors (Lipinski definition) is 2. The van der Waals surface area contributed by atoms with Gasteiger partial charge in [-0.2, -0.15) is 0 Å². The Morgan fingerprint density at radius 3 is 2.86 bits per heavy atom. The average molecular weight is 400 g/mol. The number of methoxy groups -OCH3 is 1. The highest BCUT2D eigenvalue weighted by molar-refractivity contribution is 9.10. The fourth-order valence-corrected chi connectivity index (χ4v) is 4.95. The number of ether oxygens (including phenoxy) is 1. The molecule has 2 N–H and O–H groups in total. The maximum atomic E-state index is 12.4. The summed E-state index contributed by atoms with van der Waals surface area (Å²) >= 11 is 9.22. The van der Waals surface area contributed by atoms with Crippen molar-refractivity contribution in [3.63, 3.8) is 0 Å². The van der Waals surface area contributed by atoms with Crippen molar-refractivity contribution >= 4 is 48.7 Å². The van der Waals surface area contributed by atoms with E-state index in [1.807, 2.05) is 0 Å². The van der Waals surface area contributed by atoms with E-state index >= 15 is 0 Å². The van der Waals surface area contributed by atoms with Crippen LogP contribution in [0, 0.1) is 0 Å². The maximum absolute atomic E-state index is 12.4. The summed E-state index contributed by atoms with van der Waals surface area (Å²) in [6, 6.07) is 0.971. The molecule has 1 heterocycles. The summed E-state index contributed by atoms with van der Waals surface area (Å²) in [5.74, 6) is -0.714. The first kappa shape index (κ1) is 16.5. The number of H-pyrrole nitrogens is 1. The lowest BCUT2D eigenvalue weighted by Gasteiger charge is -2.15. The van der Waals surface area contributed by atoms with Gasteiger partial charge in [-0.25, -0.2) is 17.9 Å². The molecule has 0 unspecified atom stereocenters. The number of aromatic nitrogens is 1. The lowest BCUT2D eigenvalue weighted by Crippen LogP contribution is -2.35. The van der Waals surface area contributed by atoms with Gasteiger partial charge in [0.05, 0.1) is 12.1 Å². The molecule has 0 saturated carbocycles. The standard InChI is InChI=1S/C11H12BrClN2O5S/c1-5(4-19-2)15-21(17,18)10-6(12)3-7-9(8(10)13)20-11(16)14-7/h3,5,15H,4H2,1-2H3,(H,14,16)/t5-/m1/s1. The zero-order valence-corrected chi connectivity index (χ0v) is 14.2. The van der Waals surface area contributed by atoms with Crippen LogP contribution in [0.15, 0.2) is 24.6 Å². The van der Waals surface area contributed by atoms with Crippen LogP contribution in [0.1, 0.15) is 6.92 Å². The van der Waals surface area contributed by atoms with Gasteiger partial charge < -0.3 is 9.15 Å². The molecule has 1 atom stereocenters. The smallest absolute Gasteiger partial charge is 0.406 e. The van der Waals surface area contributed by atoms with Crippen LogP contribution in [0.3, 0.4) is 0 Å². The Morgan fingerprint density at radius 1 is 1.57 bits per heavy atom. The number of benzene rings is 1. The summed E-state index contributed by atoms with van der Waals surface area (Å²) in [7, 11) is -2.44. The number of aromatic amines is 1. The quantitative estimate of drug-likeness (QED) is 0.799. The molecule has 10 heteroatoms. The van der Waals surface area contributed by atoms with E-state index in [9.17, 15) is 13.2 Å². The first-order chi connectivity index (χ1) is 9.76. The van der Waals surface area contributed by atoms with E-state index in [0.29, 0.717) is 5.52 Å². The van der Waals surface area contributed by atoms with Gasteiger partial charge in [0.2, 0.25) is 10.0 Å². The summed E-state index contributed by atoms with van der Waals surface area (Å²) in [4.78, 5) is 13.4. The zero-order valence-electron chi connectivity index (χ0n) is 11.1. The second-order valence-electron chi connectivity index (χ2n) is 4.37. The lowest BCUT2D eigenvalue weighted by molar-refractivity contribution is 0.180. The molecule has 0 fully saturated rings. The van der Waals surface area contributed by atoms with Crippen LogP contribution in [0.25, 0.3) is 11.1 Å². The van der Waals surface area contributed by atoms with E-state index in [-0.39, 0.29) is 26.6 Å². The van der Waals surface area contributed by atoms with Crippen LogP contribution in [-0.4, -0.2) is 33.2 Å². The molecule has 2 rings (SSSR count). The number of sulfonamides is 1. The Balaban J connectivity index is 2.57. The number of hydrogen-bond acceptors (Lipinski definition) is 5. The largest absolute Gasteiger partial charge is 0.417 e. The van der Waals surface area contributed by atoms with Crippen molar-refractivity contribution in [3.8, 4) is 0 Å². The van der Waals surface area contributed by atoms with Gasteiger partial charge in [0.25, 0.3) is 0 Å². The summed E-state index contributed by atoms with van der Waals surface area (Å²) < 4.78 is 37.2. The van der Waals surface area contributed by atoms with E-state index in [4.69, 9.17) is 20.8 Å². The second kappa shape index (κ2) is 6.09. The topological polar surface area (TPSA) is 101 Å². The Morgan fingerprint density at radius 2 is 2.24 bits per heavy atom. The fraction of sp³-hybridized carbons (Fsp3) is 0.364. The number of halogens is 2. The van der Waals surface area contributed by atoms with Crippen molar-refractivity contribution in [2.75, 3.05) is 13.7 Å². The predicted molar refractivity (Wildman–Crippen MR) is 81.2 cm³/mol. The second-order valence-corrected chi connectivity index (χ2v) is 7.25. The van der Waals surface area contributed by atoms with Crippen LogP contribution in [-0.2, 0) is 14.8 Å². The number of oxazole rings is 1. The Bertz CT molecular complexity index is 829. The Labute approximate surface area is 133 Å². The molecule has 0 bridgehead atoms. The number of fused-ring (bicyclic) bond motifs is 1. The minimum absolute atomic E-state index is 0.00960. The molecule has 0 aliphatic carbocycles. The molecule has 0 saturated heterocycles. The van der Waals surface area contributed by atoms with E-state index in [1.54, 1.807) is 6.92 Å². The Kier molecular flexibility index (Phi) is 4.79. The Hall–Kier alpha value is -0.870. The van der Waals surface area contributed by atoms with Gasteiger partial charge in [-0.3, -0.25) is 4.98 Å². The highest BCUT2D eigenvalue weighted by atomic mass is 79.9. The third kappa shape index (κ3) is 3.32. The third-order valence-corrected chi connectivity index (χ3v) is 5.64. The third-order valence-electron chi connectivity index (χ3n) is 2.60. The highest BCUT2D eigenvalue weighted by Gasteiger charge is 2.26. The lowest BCUT2D eigenvalue weighted by atomic mass is 10.3. The average Bonchev–Trinajstić information content (AvgIpc) is 2.68. The van der Waals surface area contributed by atoms with Crippen molar-refractivity contribution in [2.45, 2.75) is 17.9 Å². The van der Waals surface area contributed by atoms with E-state index in [2.05, 4.69) is 25.6 Å². The van der Waals surface area contributed by atoms with Crippen molar-refractivity contribution in [1.82, 2.24) is 9.71 Å². The molecule has 0 aliphatic heterocycles. The summed E-state index contributed by atoms with van der Waals surface area (Å²) in [6.07, 6.45) is 0. The van der Waals surface area contributed by atoms with Crippen LogP contribution >= 0.6 is 27.5 Å². The molecule has 0 amide bonds. The van der Waals surface area contributed by atoms with E-state index < -0.39 is 21.8 Å². The minimum atomic E-state index is -3.91. The van der Waals surface area contributed by atoms with Crippen LogP contribution in [0.4, 0.5) is 0 Å². The molecule has 0 aliphatic rings. The molecule has 0 spiro atoms. The highest BCUT2D eigenvalue weighted by Crippen LogP contribution is 2.35. The van der Waals surface area contributed by atoms with Crippen molar-refractivity contribution in [3.05, 3.63) is 26.1 Å². The predicted octanol–water partition coefficient (Wildman–Crippen LogP) is 1.85. The summed E-state index contributed by atoms with van der Waals surface area (Å²) in [6.45, 7) is 1.85. The monoisotopic (exact) mass is 398 g/mol. The SMILES string of the molecule is COC[C@@H](C)NS(=O)(=O)c1c(Br)cc2[nH]c(=O)oc2c1Cl. The van der Waals surface area contributed by atoms with Gasteiger partial charge in [0.1, 0.15) is 9.92 Å². The molecule has 21 heavy (non-hydrogen) atoms. The van der Waals surface area contributed by atoms with Crippen molar-refractivity contribution < 1.29 is 17.6 Å². The van der Waals surface area contributed by atoms with Crippen molar-refractivity contribution in [1.29, 1.82) is 0 Å².